The first-order valence-corrected chi connectivity index (χ1v) is 7.58. The Kier molecular flexibility index (Phi) is 6.23. The van der Waals surface area contributed by atoms with E-state index >= 15 is 0 Å². The Morgan fingerprint density at radius 3 is 2.41 bits per heavy atom. The highest BCUT2D eigenvalue weighted by atomic mass is 16.3. The van der Waals surface area contributed by atoms with Crippen molar-refractivity contribution in [3.63, 3.8) is 0 Å². The summed E-state index contributed by atoms with van der Waals surface area (Å²) in [4.78, 5) is 13.8. The van der Waals surface area contributed by atoms with Gasteiger partial charge in [-0.2, -0.15) is 0 Å². The lowest BCUT2D eigenvalue weighted by molar-refractivity contribution is 0.0650. The molecule has 1 unspecified atom stereocenters. The van der Waals surface area contributed by atoms with E-state index in [0.29, 0.717) is 6.54 Å². The van der Waals surface area contributed by atoms with E-state index in [2.05, 4.69) is 16.7 Å². The van der Waals surface area contributed by atoms with E-state index in [1.54, 1.807) is 0 Å². The predicted octanol–water partition coefficient (Wildman–Crippen LogP) is 2.27. The van der Waals surface area contributed by atoms with Crippen molar-refractivity contribution in [3.8, 4) is 0 Å². The number of aliphatic hydroxyl groups excluding tert-OH is 1. The Morgan fingerprint density at radius 2 is 1.91 bits per heavy atom. The lowest BCUT2D eigenvalue weighted by Gasteiger charge is -2.25. The van der Waals surface area contributed by atoms with Gasteiger partial charge in [-0.1, -0.05) is 26.8 Å². The molecule has 0 bridgehead atoms. The average Bonchev–Trinajstić information content (AvgIpc) is 2.42. The number of hydrogen-bond donors (Lipinski definition) is 3. The third-order valence-corrected chi connectivity index (χ3v) is 3.74. The van der Waals surface area contributed by atoms with Gasteiger partial charge in [-0.15, -0.1) is 0 Å². The highest BCUT2D eigenvalue weighted by Gasteiger charge is 2.22. The van der Waals surface area contributed by atoms with E-state index in [1.807, 2.05) is 58.8 Å². The number of carbonyl (C=O) groups excluding carboxylic acids is 1. The van der Waals surface area contributed by atoms with E-state index in [-0.39, 0.29) is 18.0 Å². The van der Waals surface area contributed by atoms with Crippen molar-refractivity contribution in [2.45, 2.75) is 40.3 Å². The molecule has 0 saturated heterocycles. The minimum Gasteiger partial charge on any atom is -0.391 e. The fraction of sp³-hybridized carbons (Fsp3) is 0.588. The molecule has 0 fully saturated rings. The van der Waals surface area contributed by atoms with Crippen LogP contribution < -0.4 is 15.5 Å². The van der Waals surface area contributed by atoms with Gasteiger partial charge in [-0.05, 0) is 35.6 Å². The van der Waals surface area contributed by atoms with Crippen LogP contribution in [0, 0.1) is 12.3 Å². The number of anilines is 1. The van der Waals surface area contributed by atoms with Gasteiger partial charge in [0, 0.05) is 32.9 Å². The Balaban J connectivity index is 2.48. The third kappa shape index (κ3) is 5.56. The standard InChI is InChI=1S/C17H29N3O2/c1-12-9-14(20(5)6)8-7-13(12)10-18-16(22)19-11-15(21)17(2,3)4/h7-9,15,21H,10-11H2,1-6H3,(H2,18,19,22). The number of carbonyl (C=O) groups is 1. The zero-order valence-corrected chi connectivity index (χ0v) is 14.5. The van der Waals surface area contributed by atoms with Gasteiger partial charge < -0.3 is 20.6 Å². The summed E-state index contributed by atoms with van der Waals surface area (Å²) in [5.41, 5.74) is 3.11. The van der Waals surface area contributed by atoms with Gasteiger partial charge in [0.1, 0.15) is 0 Å². The lowest BCUT2D eigenvalue weighted by Crippen LogP contribution is -2.43. The maximum atomic E-state index is 11.8. The fourth-order valence-corrected chi connectivity index (χ4v) is 1.89. The maximum absolute atomic E-state index is 11.8. The summed E-state index contributed by atoms with van der Waals surface area (Å²) in [7, 11) is 4.00. The molecular formula is C17H29N3O2. The second kappa shape index (κ2) is 7.49. The first-order valence-electron chi connectivity index (χ1n) is 7.58. The van der Waals surface area contributed by atoms with Crippen LogP contribution >= 0.6 is 0 Å². The highest BCUT2D eigenvalue weighted by molar-refractivity contribution is 5.73. The zero-order valence-electron chi connectivity index (χ0n) is 14.5. The highest BCUT2D eigenvalue weighted by Crippen LogP contribution is 2.18. The molecule has 1 atom stereocenters. The Bertz CT molecular complexity index is 507. The second-order valence-electron chi connectivity index (χ2n) is 6.95. The molecule has 0 aliphatic carbocycles. The summed E-state index contributed by atoms with van der Waals surface area (Å²) in [5, 5.41) is 15.4. The van der Waals surface area contributed by atoms with Gasteiger partial charge in [-0.3, -0.25) is 0 Å². The molecule has 22 heavy (non-hydrogen) atoms. The van der Waals surface area contributed by atoms with Crippen LogP contribution in [0.1, 0.15) is 31.9 Å². The molecule has 0 spiro atoms. The van der Waals surface area contributed by atoms with Crippen molar-refractivity contribution < 1.29 is 9.90 Å². The third-order valence-electron chi connectivity index (χ3n) is 3.74. The summed E-state index contributed by atoms with van der Waals surface area (Å²) in [6.45, 7) is 8.56. The largest absolute Gasteiger partial charge is 0.391 e. The van der Waals surface area contributed by atoms with Crippen LogP contribution in [0.5, 0.6) is 0 Å². The predicted molar refractivity (Wildman–Crippen MR) is 91.2 cm³/mol. The van der Waals surface area contributed by atoms with E-state index in [0.717, 1.165) is 16.8 Å². The Labute approximate surface area is 133 Å². The molecule has 1 aromatic rings. The monoisotopic (exact) mass is 307 g/mol. The number of nitrogens with zero attached hydrogens (tertiary/aromatic N) is 1. The molecule has 2 amide bonds. The number of nitrogens with one attached hydrogen (secondary N) is 2. The average molecular weight is 307 g/mol. The van der Waals surface area contributed by atoms with Gasteiger partial charge in [-0.25, -0.2) is 4.79 Å². The van der Waals surface area contributed by atoms with Crippen LogP contribution in [0.25, 0.3) is 0 Å². The first kappa shape index (κ1) is 18.3. The molecular weight excluding hydrogens is 278 g/mol. The van der Waals surface area contributed by atoms with Gasteiger partial charge in [0.15, 0.2) is 0 Å². The summed E-state index contributed by atoms with van der Waals surface area (Å²) in [6.07, 6.45) is -0.570. The fourth-order valence-electron chi connectivity index (χ4n) is 1.89. The van der Waals surface area contributed by atoms with Crippen LogP contribution in [0.15, 0.2) is 18.2 Å². The van der Waals surface area contributed by atoms with E-state index in [1.165, 1.54) is 0 Å². The van der Waals surface area contributed by atoms with Gasteiger partial charge in [0.05, 0.1) is 6.10 Å². The molecule has 0 heterocycles. The summed E-state index contributed by atoms with van der Waals surface area (Å²) >= 11 is 0. The van der Waals surface area contributed by atoms with Gasteiger partial charge in [0.2, 0.25) is 0 Å². The number of aryl methyl sites for hydroxylation is 1. The van der Waals surface area contributed by atoms with Crippen molar-refractivity contribution in [3.05, 3.63) is 29.3 Å². The Hall–Kier alpha value is -1.75. The molecule has 0 saturated carbocycles. The van der Waals surface area contributed by atoms with Crippen molar-refractivity contribution in [2.75, 3.05) is 25.5 Å². The van der Waals surface area contributed by atoms with E-state index < -0.39 is 6.10 Å². The molecule has 0 aliphatic rings. The number of amides is 2. The first-order chi connectivity index (χ1) is 10.1. The van der Waals surface area contributed by atoms with Crippen molar-refractivity contribution in [1.29, 1.82) is 0 Å². The number of hydrogen-bond acceptors (Lipinski definition) is 3. The van der Waals surface area contributed by atoms with Gasteiger partial charge >= 0.3 is 6.03 Å². The quantitative estimate of drug-likeness (QED) is 0.782. The molecule has 3 N–H and O–H groups in total. The van der Waals surface area contributed by atoms with Crippen LogP contribution in [-0.4, -0.2) is 37.9 Å². The van der Waals surface area contributed by atoms with Crippen LogP contribution in [0.4, 0.5) is 10.5 Å². The van der Waals surface area contributed by atoms with Crippen molar-refractivity contribution in [2.24, 2.45) is 5.41 Å². The molecule has 5 heteroatoms. The molecule has 5 nitrogen and oxygen atoms in total. The minimum absolute atomic E-state index is 0.244. The molecule has 0 aliphatic heterocycles. The number of benzene rings is 1. The minimum atomic E-state index is -0.570. The number of urea groups is 1. The van der Waals surface area contributed by atoms with E-state index in [9.17, 15) is 9.90 Å². The molecule has 124 valence electrons. The maximum Gasteiger partial charge on any atom is 0.315 e. The summed E-state index contributed by atoms with van der Waals surface area (Å²) in [6, 6.07) is 5.89. The van der Waals surface area contributed by atoms with Crippen molar-refractivity contribution in [1.82, 2.24) is 10.6 Å². The normalized spacial score (nSPS) is 12.7. The summed E-state index contributed by atoms with van der Waals surface area (Å²) < 4.78 is 0. The lowest BCUT2D eigenvalue weighted by atomic mass is 9.89. The van der Waals surface area contributed by atoms with E-state index in [4.69, 9.17) is 0 Å². The van der Waals surface area contributed by atoms with Crippen molar-refractivity contribution >= 4 is 11.7 Å². The number of aliphatic hydroxyl groups is 1. The van der Waals surface area contributed by atoms with Gasteiger partial charge in [0.25, 0.3) is 0 Å². The van der Waals surface area contributed by atoms with Crippen LogP contribution in [0.2, 0.25) is 0 Å². The molecule has 1 aromatic carbocycles. The summed E-state index contributed by atoms with van der Waals surface area (Å²) in [5.74, 6) is 0. The van der Waals surface area contributed by atoms with Crippen LogP contribution in [-0.2, 0) is 6.54 Å². The molecule has 0 aromatic heterocycles. The number of rotatable bonds is 5. The smallest absolute Gasteiger partial charge is 0.315 e. The zero-order chi connectivity index (χ0) is 16.9. The Morgan fingerprint density at radius 1 is 1.27 bits per heavy atom. The second-order valence-corrected chi connectivity index (χ2v) is 6.95. The molecule has 1 rings (SSSR count). The van der Waals surface area contributed by atoms with Crippen LogP contribution in [0.3, 0.4) is 0 Å². The SMILES string of the molecule is Cc1cc(N(C)C)ccc1CNC(=O)NCC(O)C(C)(C)C. The topological polar surface area (TPSA) is 64.6 Å². The molecule has 0 radical (unpaired) electrons.